The van der Waals surface area contributed by atoms with E-state index < -0.39 is 5.97 Å². The van der Waals surface area contributed by atoms with E-state index >= 15 is 0 Å². The number of aliphatic carboxylic acids is 1. The van der Waals surface area contributed by atoms with Crippen molar-refractivity contribution in [2.24, 2.45) is 0 Å². The number of rotatable bonds is 5. The summed E-state index contributed by atoms with van der Waals surface area (Å²) in [5, 5.41) is 16.0. The Bertz CT molecular complexity index is 283. The fraction of sp³-hybridized carbons (Fsp3) is 0.625. The van der Waals surface area contributed by atoms with E-state index in [-0.39, 0.29) is 6.42 Å². The highest BCUT2D eigenvalue weighted by Gasteiger charge is 2.03. The van der Waals surface area contributed by atoms with Crippen LogP contribution in [-0.2, 0) is 17.8 Å². The molecule has 0 fully saturated rings. The lowest BCUT2D eigenvalue weighted by Gasteiger charge is -2.00. The Morgan fingerprint density at radius 1 is 1.69 bits per heavy atom. The zero-order valence-corrected chi connectivity index (χ0v) is 7.60. The first-order chi connectivity index (χ1) is 6.24. The molecule has 5 heteroatoms. The third kappa shape index (κ3) is 2.85. The second-order valence-corrected chi connectivity index (χ2v) is 2.79. The molecular weight excluding hydrogens is 170 g/mol. The van der Waals surface area contributed by atoms with E-state index in [4.69, 9.17) is 5.11 Å². The standard InChI is InChI=1S/C8H13N3O2/c1-2-11-7(6-9-10-11)4-3-5-8(12)13/h6H,2-5H2,1H3,(H,12,13). The molecule has 0 atom stereocenters. The molecule has 0 spiro atoms. The molecule has 1 heterocycles. The normalized spacial score (nSPS) is 10.2. The minimum absolute atomic E-state index is 0.203. The molecule has 0 aliphatic heterocycles. The number of aromatic nitrogens is 3. The molecule has 13 heavy (non-hydrogen) atoms. The minimum atomic E-state index is -0.754. The average Bonchev–Trinajstić information content (AvgIpc) is 2.51. The highest BCUT2D eigenvalue weighted by molar-refractivity contribution is 5.66. The van der Waals surface area contributed by atoms with Crippen molar-refractivity contribution in [2.45, 2.75) is 32.7 Å². The molecule has 5 nitrogen and oxygen atoms in total. The Kier molecular flexibility index (Phi) is 3.42. The van der Waals surface area contributed by atoms with Crippen molar-refractivity contribution in [1.82, 2.24) is 15.0 Å². The van der Waals surface area contributed by atoms with Gasteiger partial charge in [0.05, 0.1) is 11.9 Å². The van der Waals surface area contributed by atoms with Crippen molar-refractivity contribution in [2.75, 3.05) is 0 Å². The molecule has 72 valence electrons. The lowest BCUT2D eigenvalue weighted by atomic mass is 10.2. The lowest BCUT2D eigenvalue weighted by molar-refractivity contribution is -0.137. The largest absolute Gasteiger partial charge is 0.481 e. The molecule has 0 amide bonds. The maximum atomic E-state index is 10.2. The molecule has 0 aromatic carbocycles. The van der Waals surface area contributed by atoms with Gasteiger partial charge in [0.1, 0.15) is 0 Å². The van der Waals surface area contributed by atoms with Gasteiger partial charge in [-0.05, 0) is 19.8 Å². The van der Waals surface area contributed by atoms with Crippen LogP contribution in [0.2, 0.25) is 0 Å². The molecule has 0 bridgehead atoms. The molecule has 1 aromatic heterocycles. The van der Waals surface area contributed by atoms with Crippen molar-refractivity contribution in [3.8, 4) is 0 Å². The third-order valence-corrected chi connectivity index (χ3v) is 1.82. The van der Waals surface area contributed by atoms with Gasteiger partial charge in [0.15, 0.2) is 0 Å². The molecule has 0 saturated carbocycles. The van der Waals surface area contributed by atoms with Crippen LogP contribution in [-0.4, -0.2) is 26.1 Å². The van der Waals surface area contributed by atoms with Crippen LogP contribution in [0.15, 0.2) is 6.20 Å². The highest BCUT2D eigenvalue weighted by atomic mass is 16.4. The Morgan fingerprint density at radius 3 is 3.08 bits per heavy atom. The first-order valence-electron chi connectivity index (χ1n) is 4.33. The van der Waals surface area contributed by atoms with Crippen molar-refractivity contribution < 1.29 is 9.90 Å². The van der Waals surface area contributed by atoms with Gasteiger partial charge in [0, 0.05) is 13.0 Å². The van der Waals surface area contributed by atoms with E-state index in [2.05, 4.69) is 10.3 Å². The van der Waals surface area contributed by atoms with Crippen LogP contribution in [0.5, 0.6) is 0 Å². The number of hydrogen-bond donors (Lipinski definition) is 1. The SMILES string of the molecule is CCn1nncc1CCCC(=O)O. The molecule has 1 aromatic rings. The van der Waals surface area contributed by atoms with Gasteiger partial charge in [0.25, 0.3) is 0 Å². The Labute approximate surface area is 76.4 Å². The summed E-state index contributed by atoms with van der Waals surface area (Å²) in [6.45, 7) is 2.76. The van der Waals surface area contributed by atoms with Gasteiger partial charge in [0.2, 0.25) is 0 Å². The summed E-state index contributed by atoms with van der Waals surface area (Å²) in [5.41, 5.74) is 1.00. The van der Waals surface area contributed by atoms with Gasteiger partial charge in [-0.1, -0.05) is 5.21 Å². The molecule has 1 N–H and O–H groups in total. The summed E-state index contributed by atoms with van der Waals surface area (Å²) < 4.78 is 1.78. The number of carboxylic acids is 1. The molecule has 0 unspecified atom stereocenters. The zero-order valence-electron chi connectivity index (χ0n) is 7.60. The maximum Gasteiger partial charge on any atom is 0.303 e. The smallest absolute Gasteiger partial charge is 0.303 e. The van der Waals surface area contributed by atoms with Gasteiger partial charge in [-0.25, -0.2) is 4.68 Å². The summed E-state index contributed by atoms with van der Waals surface area (Å²) >= 11 is 0. The van der Waals surface area contributed by atoms with E-state index in [1.807, 2.05) is 6.92 Å². The van der Waals surface area contributed by atoms with Gasteiger partial charge in [-0.2, -0.15) is 0 Å². The van der Waals surface area contributed by atoms with Crippen molar-refractivity contribution in [3.05, 3.63) is 11.9 Å². The molecule has 0 radical (unpaired) electrons. The summed E-state index contributed by atoms with van der Waals surface area (Å²) in [4.78, 5) is 10.2. The highest BCUT2D eigenvalue weighted by Crippen LogP contribution is 2.02. The molecular formula is C8H13N3O2. The van der Waals surface area contributed by atoms with Crippen LogP contribution in [0.25, 0.3) is 0 Å². The average molecular weight is 183 g/mol. The second kappa shape index (κ2) is 4.59. The Hall–Kier alpha value is -1.39. The van der Waals surface area contributed by atoms with Crippen molar-refractivity contribution in [3.63, 3.8) is 0 Å². The molecule has 1 rings (SSSR count). The van der Waals surface area contributed by atoms with Crippen LogP contribution in [0, 0.1) is 0 Å². The van der Waals surface area contributed by atoms with Crippen LogP contribution < -0.4 is 0 Å². The molecule has 0 saturated heterocycles. The monoisotopic (exact) mass is 183 g/mol. The van der Waals surface area contributed by atoms with Crippen LogP contribution >= 0.6 is 0 Å². The maximum absolute atomic E-state index is 10.2. The first kappa shape index (κ1) is 9.70. The summed E-state index contributed by atoms with van der Waals surface area (Å²) in [6.07, 6.45) is 3.26. The lowest BCUT2D eigenvalue weighted by Crippen LogP contribution is -2.04. The molecule has 0 aliphatic rings. The van der Waals surface area contributed by atoms with Crippen LogP contribution in [0.3, 0.4) is 0 Å². The topological polar surface area (TPSA) is 68.0 Å². The van der Waals surface area contributed by atoms with Crippen LogP contribution in [0.1, 0.15) is 25.5 Å². The van der Waals surface area contributed by atoms with Crippen LogP contribution in [0.4, 0.5) is 0 Å². The van der Waals surface area contributed by atoms with Crippen molar-refractivity contribution >= 4 is 5.97 Å². The summed E-state index contributed by atoms with van der Waals surface area (Å²) in [6, 6.07) is 0. The molecule has 0 aliphatic carbocycles. The Balaban J connectivity index is 2.40. The van der Waals surface area contributed by atoms with E-state index in [1.165, 1.54) is 0 Å². The quantitative estimate of drug-likeness (QED) is 0.729. The third-order valence-electron chi connectivity index (χ3n) is 1.82. The number of carbonyl (C=O) groups is 1. The van der Waals surface area contributed by atoms with E-state index in [1.54, 1.807) is 10.9 Å². The predicted molar refractivity (Wildman–Crippen MR) is 46.3 cm³/mol. The van der Waals surface area contributed by atoms with Crippen molar-refractivity contribution in [1.29, 1.82) is 0 Å². The number of hydrogen-bond acceptors (Lipinski definition) is 3. The fourth-order valence-corrected chi connectivity index (χ4v) is 1.16. The van der Waals surface area contributed by atoms with Gasteiger partial charge in [-0.15, -0.1) is 5.10 Å². The summed E-state index contributed by atoms with van der Waals surface area (Å²) in [5.74, 6) is -0.754. The van der Waals surface area contributed by atoms with Gasteiger partial charge >= 0.3 is 5.97 Å². The van der Waals surface area contributed by atoms with Gasteiger partial charge < -0.3 is 5.11 Å². The van der Waals surface area contributed by atoms with E-state index in [0.29, 0.717) is 6.42 Å². The fourth-order valence-electron chi connectivity index (χ4n) is 1.16. The first-order valence-corrected chi connectivity index (χ1v) is 4.33. The van der Waals surface area contributed by atoms with E-state index in [9.17, 15) is 4.79 Å². The minimum Gasteiger partial charge on any atom is -0.481 e. The predicted octanol–water partition coefficient (Wildman–Crippen LogP) is 0.705. The second-order valence-electron chi connectivity index (χ2n) is 2.79. The van der Waals surface area contributed by atoms with Gasteiger partial charge in [-0.3, -0.25) is 4.79 Å². The van der Waals surface area contributed by atoms with E-state index in [0.717, 1.165) is 18.7 Å². The number of carboxylic acid groups (broad SMARTS) is 1. The number of nitrogens with zero attached hydrogens (tertiary/aromatic N) is 3. The Morgan fingerprint density at radius 2 is 2.46 bits per heavy atom. The zero-order chi connectivity index (χ0) is 9.68. The number of aryl methyl sites for hydroxylation is 2. The summed E-state index contributed by atoms with van der Waals surface area (Å²) in [7, 11) is 0.